The monoisotopic (exact) mass is 349 g/mol. The van der Waals surface area contributed by atoms with Crippen LogP contribution in [0.1, 0.15) is 52.9 Å². The number of ether oxygens (including phenoxy) is 2. The Hall–Kier alpha value is -2.82. The van der Waals surface area contributed by atoms with Crippen molar-refractivity contribution in [3.05, 3.63) is 22.5 Å². The first-order chi connectivity index (χ1) is 11.6. The highest BCUT2D eigenvalue weighted by Crippen LogP contribution is 2.20. The lowest BCUT2D eigenvalue weighted by atomic mass is 10.1. The lowest BCUT2D eigenvalue weighted by molar-refractivity contribution is -0.136. The van der Waals surface area contributed by atoms with E-state index >= 15 is 0 Å². The second-order valence-corrected chi connectivity index (χ2v) is 6.05. The van der Waals surface area contributed by atoms with Crippen LogP contribution in [0.15, 0.2) is 0 Å². The van der Waals surface area contributed by atoms with Gasteiger partial charge >= 0.3 is 11.9 Å². The Morgan fingerprint density at radius 1 is 1.20 bits per heavy atom. The summed E-state index contributed by atoms with van der Waals surface area (Å²) in [6.07, 6.45) is 0. The zero-order valence-electron chi connectivity index (χ0n) is 15.3. The molecule has 1 amide bonds. The van der Waals surface area contributed by atoms with Gasteiger partial charge in [0.05, 0.1) is 18.2 Å². The van der Waals surface area contributed by atoms with Crippen LogP contribution in [0.5, 0.6) is 0 Å². The van der Waals surface area contributed by atoms with E-state index in [9.17, 15) is 14.4 Å². The number of esters is 2. The number of aromatic nitrogens is 1. The van der Waals surface area contributed by atoms with Gasteiger partial charge in [-0.05, 0) is 40.2 Å². The number of likely N-dealkylation sites (N-methyl/N-ethyl adjacent to an activating group) is 1. The molecule has 0 saturated carbocycles. The first kappa shape index (κ1) is 20.2. The number of amides is 1. The number of aromatic amines is 1. The maximum Gasteiger partial charge on any atom is 0.355 e. The molecular weight excluding hydrogens is 326 g/mol. The van der Waals surface area contributed by atoms with Crippen molar-refractivity contribution in [3.63, 3.8) is 0 Å². The van der Waals surface area contributed by atoms with Gasteiger partial charge in [0.25, 0.3) is 5.91 Å². The number of nitriles is 1. The minimum absolute atomic E-state index is 0.0931. The minimum Gasteiger partial charge on any atom is -0.462 e. The van der Waals surface area contributed by atoms with E-state index in [0.29, 0.717) is 11.3 Å². The SMILES string of the molecule is CCOC(=O)c1c(C)[nH]c(C(=O)OCC(=O)N(C)C(C)(C)C#N)c1C. The van der Waals surface area contributed by atoms with E-state index in [-0.39, 0.29) is 17.9 Å². The van der Waals surface area contributed by atoms with Crippen molar-refractivity contribution in [2.75, 3.05) is 20.3 Å². The van der Waals surface area contributed by atoms with Crippen molar-refractivity contribution >= 4 is 17.8 Å². The van der Waals surface area contributed by atoms with Gasteiger partial charge in [-0.1, -0.05) is 0 Å². The molecule has 0 saturated heterocycles. The molecule has 0 atom stereocenters. The Kier molecular flexibility index (Phi) is 6.34. The van der Waals surface area contributed by atoms with Crippen molar-refractivity contribution in [2.45, 2.75) is 40.2 Å². The molecule has 1 N–H and O–H groups in total. The topological polar surface area (TPSA) is 112 Å². The van der Waals surface area contributed by atoms with Gasteiger partial charge in [0.1, 0.15) is 11.2 Å². The maximum absolute atomic E-state index is 12.2. The Balaban J connectivity index is 2.86. The molecule has 0 radical (unpaired) electrons. The van der Waals surface area contributed by atoms with E-state index in [0.717, 1.165) is 0 Å². The van der Waals surface area contributed by atoms with Crippen molar-refractivity contribution in [1.29, 1.82) is 5.26 Å². The van der Waals surface area contributed by atoms with E-state index in [1.807, 2.05) is 6.07 Å². The second-order valence-electron chi connectivity index (χ2n) is 6.05. The minimum atomic E-state index is -1.01. The zero-order chi connectivity index (χ0) is 19.4. The van der Waals surface area contributed by atoms with Crippen molar-refractivity contribution in [1.82, 2.24) is 9.88 Å². The summed E-state index contributed by atoms with van der Waals surface area (Å²) < 4.78 is 9.98. The van der Waals surface area contributed by atoms with Gasteiger partial charge < -0.3 is 19.4 Å². The molecule has 0 aliphatic heterocycles. The van der Waals surface area contributed by atoms with Gasteiger partial charge in [-0.25, -0.2) is 9.59 Å². The lowest BCUT2D eigenvalue weighted by Gasteiger charge is -2.28. The van der Waals surface area contributed by atoms with Crippen LogP contribution in [0, 0.1) is 25.2 Å². The standard InChI is InChI=1S/C17H23N3O5/c1-7-24-15(22)13-10(2)14(19-11(13)3)16(23)25-8-12(21)20(6)17(4,5)9-18/h19H,7-8H2,1-6H3. The number of nitrogens with one attached hydrogen (secondary N) is 1. The van der Waals surface area contributed by atoms with Gasteiger partial charge in [-0.15, -0.1) is 0 Å². The molecular formula is C17H23N3O5. The fourth-order valence-electron chi connectivity index (χ4n) is 2.15. The number of rotatable bonds is 6. The molecule has 0 bridgehead atoms. The summed E-state index contributed by atoms with van der Waals surface area (Å²) in [5.74, 6) is -1.79. The van der Waals surface area contributed by atoms with Gasteiger partial charge in [-0.3, -0.25) is 4.79 Å². The molecule has 1 rings (SSSR count). The molecule has 0 spiro atoms. The number of hydrogen-bond acceptors (Lipinski definition) is 6. The van der Waals surface area contributed by atoms with Crippen molar-refractivity contribution in [2.24, 2.45) is 0 Å². The largest absolute Gasteiger partial charge is 0.462 e. The van der Waals surface area contributed by atoms with Crippen molar-refractivity contribution in [3.8, 4) is 6.07 Å². The molecule has 136 valence electrons. The normalized spacial score (nSPS) is 10.8. The quantitative estimate of drug-likeness (QED) is 0.783. The summed E-state index contributed by atoms with van der Waals surface area (Å²) >= 11 is 0. The molecule has 0 unspecified atom stereocenters. The number of aryl methyl sites for hydroxylation is 1. The Bertz CT molecular complexity index is 727. The van der Waals surface area contributed by atoms with Gasteiger partial charge in [0, 0.05) is 12.7 Å². The molecule has 1 aromatic heterocycles. The van der Waals surface area contributed by atoms with Gasteiger partial charge in [0.2, 0.25) is 0 Å². The van der Waals surface area contributed by atoms with Crippen LogP contribution in [0.25, 0.3) is 0 Å². The molecule has 0 fully saturated rings. The number of nitrogens with zero attached hydrogens (tertiary/aromatic N) is 2. The first-order valence-corrected chi connectivity index (χ1v) is 7.78. The lowest BCUT2D eigenvalue weighted by Crippen LogP contribution is -2.45. The molecule has 25 heavy (non-hydrogen) atoms. The van der Waals surface area contributed by atoms with Crippen molar-refractivity contribution < 1.29 is 23.9 Å². The molecule has 0 aromatic carbocycles. The second kappa shape index (κ2) is 7.83. The van der Waals surface area contributed by atoms with E-state index in [1.165, 1.54) is 11.9 Å². The average molecular weight is 349 g/mol. The molecule has 0 aliphatic carbocycles. The van der Waals surface area contributed by atoms with Crippen LogP contribution in [-0.2, 0) is 14.3 Å². The third-order valence-corrected chi connectivity index (χ3v) is 3.93. The van der Waals surface area contributed by atoms with Crippen LogP contribution >= 0.6 is 0 Å². The molecule has 8 nitrogen and oxygen atoms in total. The Morgan fingerprint density at radius 2 is 1.80 bits per heavy atom. The number of carbonyl (C=O) groups excluding carboxylic acids is 3. The molecule has 1 aromatic rings. The smallest absolute Gasteiger partial charge is 0.355 e. The highest BCUT2D eigenvalue weighted by molar-refractivity contribution is 5.99. The predicted molar refractivity (Wildman–Crippen MR) is 89.0 cm³/mol. The first-order valence-electron chi connectivity index (χ1n) is 7.78. The van der Waals surface area contributed by atoms with Gasteiger partial charge in [-0.2, -0.15) is 5.26 Å². The summed E-state index contributed by atoms with van der Waals surface area (Å²) in [7, 11) is 1.46. The van der Waals surface area contributed by atoms with Crippen LogP contribution < -0.4 is 0 Å². The fourth-order valence-corrected chi connectivity index (χ4v) is 2.15. The summed E-state index contributed by atoms with van der Waals surface area (Å²) in [5.41, 5.74) is 0.244. The molecule has 8 heteroatoms. The Morgan fingerprint density at radius 3 is 2.32 bits per heavy atom. The zero-order valence-corrected chi connectivity index (χ0v) is 15.3. The summed E-state index contributed by atoms with van der Waals surface area (Å²) in [6.45, 7) is 7.80. The molecule has 0 aliphatic rings. The van der Waals surface area contributed by atoms with E-state index < -0.39 is 30.0 Å². The highest BCUT2D eigenvalue weighted by atomic mass is 16.5. The molecule has 1 heterocycles. The van der Waals surface area contributed by atoms with Crippen LogP contribution in [0.2, 0.25) is 0 Å². The van der Waals surface area contributed by atoms with Gasteiger partial charge in [0.15, 0.2) is 6.61 Å². The van der Waals surface area contributed by atoms with Crippen LogP contribution in [0.3, 0.4) is 0 Å². The third kappa shape index (κ3) is 4.38. The van der Waals surface area contributed by atoms with E-state index in [4.69, 9.17) is 14.7 Å². The summed E-state index contributed by atoms with van der Waals surface area (Å²) in [6, 6.07) is 1.99. The van der Waals surface area contributed by atoms with Crippen LogP contribution in [0.4, 0.5) is 0 Å². The fraction of sp³-hybridized carbons (Fsp3) is 0.529. The number of hydrogen-bond donors (Lipinski definition) is 1. The van der Waals surface area contributed by atoms with E-state index in [2.05, 4.69) is 4.98 Å². The Labute approximate surface area is 146 Å². The van der Waals surface area contributed by atoms with Crippen LogP contribution in [-0.4, -0.2) is 53.5 Å². The third-order valence-electron chi connectivity index (χ3n) is 3.93. The van der Waals surface area contributed by atoms with E-state index in [1.54, 1.807) is 34.6 Å². The summed E-state index contributed by atoms with van der Waals surface area (Å²) in [5, 5.41) is 9.03. The highest BCUT2D eigenvalue weighted by Gasteiger charge is 2.29. The predicted octanol–water partition coefficient (Wildman–Crippen LogP) is 1.73. The average Bonchev–Trinajstić information content (AvgIpc) is 2.86. The number of H-pyrrole nitrogens is 1. The number of carbonyl (C=O) groups is 3. The maximum atomic E-state index is 12.2. The summed E-state index contributed by atoms with van der Waals surface area (Å²) in [4.78, 5) is 40.2.